The van der Waals surface area contributed by atoms with Gasteiger partial charge in [0, 0.05) is 6.92 Å². The van der Waals surface area contributed by atoms with Gasteiger partial charge in [0.2, 0.25) is 6.29 Å². The van der Waals surface area contributed by atoms with Gasteiger partial charge in [-0.25, -0.2) is 0 Å². The minimum Gasteiger partial charge on any atom is -0.455 e. The van der Waals surface area contributed by atoms with Crippen molar-refractivity contribution in [2.75, 3.05) is 0 Å². The van der Waals surface area contributed by atoms with Crippen molar-refractivity contribution in [2.24, 2.45) is 0 Å². The Hall–Kier alpha value is -4.13. The molecule has 0 radical (unpaired) electrons. The molecule has 0 saturated carbocycles. The van der Waals surface area contributed by atoms with E-state index in [-0.39, 0.29) is 0 Å². The molecule has 0 aliphatic rings. The van der Waals surface area contributed by atoms with Gasteiger partial charge >= 0.3 is 0 Å². The van der Waals surface area contributed by atoms with Crippen molar-refractivity contribution in [3.63, 3.8) is 0 Å². The molecule has 0 aromatic heterocycles. The van der Waals surface area contributed by atoms with Gasteiger partial charge in [-0.15, -0.1) is 9.24 Å². The molecular weight excluding hydrogens is 471 g/mol. The third kappa shape index (κ3) is 7.19. The molecule has 2 unspecified atom stereocenters. The van der Waals surface area contributed by atoms with E-state index >= 15 is 0 Å². The lowest BCUT2D eigenvalue weighted by molar-refractivity contribution is -0.0241. The molecule has 4 rings (SSSR count). The first-order chi connectivity index (χ1) is 18.1. The maximum Gasteiger partial charge on any atom is 0.238 e. The fourth-order valence-corrected chi connectivity index (χ4v) is 4.10. The van der Waals surface area contributed by atoms with Gasteiger partial charge in [0.05, 0.1) is 0 Å². The second-order valence-corrected chi connectivity index (χ2v) is 9.16. The number of rotatable bonds is 10. The lowest BCUT2D eigenvalue weighted by Crippen LogP contribution is -2.15. The number of hydrogen-bond donors (Lipinski definition) is 0. The van der Waals surface area contributed by atoms with Gasteiger partial charge in [-0.3, -0.25) is 0 Å². The monoisotopic (exact) mass is 502 g/mol. The summed E-state index contributed by atoms with van der Waals surface area (Å²) in [5.74, 6) is 1.35. The van der Waals surface area contributed by atoms with Gasteiger partial charge in [0.25, 0.3) is 0 Å². The molecule has 2 nitrogen and oxygen atoms in total. The summed E-state index contributed by atoms with van der Waals surface area (Å²) in [7, 11) is 2.69. The van der Waals surface area contributed by atoms with E-state index in [0.29, 0.717) is 5.76 Å². The first kappa shape index (κ1) is 25.9. The summed E-state index contributed by atoms with van der Waals surface area (Å²) in [4.78, 5) is 0. The zero-order valence-electron chi connectivity index (χ0n) is 21.0. The number of benzene rings is 4. The molecule has 0 N–H and O–H groups in total. The zero-order chi connectivity index (χ0) is 26.0. The summed E-state index contributed by atoms with van der Waals surface area (Å²) in [6.07, 6.45) is 6.85. The Morgan fingerprint density at radius 3 is 1.76 bits per heavy atom. The molecule has 0 fully saturated rings. The second-order valence-electron chi connectivity index (χ2n) is 8.49. The average molecular weight is 503 g/mol. The minimum absolute atomic E-state index is 0.489. The van der Waals surface area contributed by atoms with Crippen LogP contribution in [0.15, 0.2) is 146 Å². The fraction of sp³-hybridized carbons (Fsp3) is 0.0588. The largest absolute Gasteiger partial charge is 0.455 e. The van der Waals surface area contributed by atoms with Crippen molar-refractivity contribution in [1.82, 2.24) is 0 Å². The third-order valence-electron chi connectivity index (χ3n) is 5.88. The Balaban J connectivity index is 1.38. The van der Waals surface area contributed by atoms with E-state index in [1.807, 2.05) is 55.5 Å². The van der Waals surface area contributed by atoms with E-state index in [0.717, 1.165) is 33.3 Å². The molecular formula is C34H31O2P. The highest BCUT2D eigenvalue weighted by atomic mass is 31.0. The number of ether oxygens (including phenoxy) is 2. The van der Waals surface area contributed by atoms with Gasteiger partial charge in [0.1, 0.15) is 11.5 Å². The van der Waals surface area contributed by atoms with E-state index in [2.05, 4.69) is 95.2 Å². The average Bonchev–Trinajstić information content (AvgIpc) is 2.94. The molecule has 3 heteroatoms. The Kier molecular flexibility index (Phi) is 8.92. The molecule has 2 atom stereocenters. The van der Waals surface area contributed by atoms with Crippen molar-refractivity contribution < 1.29 is 9.47 Å². The predicted octanol–water partition coefficient (Wildman–Crippen LogP) is 8.60. The van der Waals surface area contributed by atoms with Crippen LogP contribution in [0.25, 0.3) is 27.8 Å². The Labute approximate surface area is 222 Å². The first-order valence-corrected chi connectivity index (χ1v) is 12.8. The molecule has 0 saturated heterocycles. The van der Waals surface area contributed by atoms with Gasteiger partial charge in [-0.05, 0) is 63.0 Å². The van der Waals surface area contributed by atoms with Crippen molar-refractivity contribution in [1.29, 1.82) is 0 Å². The highest BCUT2D eigenvalue weighted by Gasteiger charge is 2.07. The summed E-state index contributed by atoms with van der Waals surface area (Å²) < 4.78 is 12.0. The molecule has 0 heterocycles. The number of allylic oxidation sites excluding steroid dienone is 5. The standard InChI is InChI=1S/C34H31O2P/c1-4-26(28-18-23-34(37)24-19-28)15-20-32(5-2)35-25(3)36-33-21-16-31(17-22-33)30-13-11-29(12-14-30)27-9-7-6-8-10-27/h4-25H,1-2,37H2,3H3/b26-15+,32-20+. The van der Waals surface area contributed by atoms with Crippen LogP contribution < -0.4 is 10.0 Å². The molecule has 0 amide bonds. The van der Waals surface area contributed by atoms with Gasteiger partial charge < -0.3 is 9.47 Å². The predicted molar refractivity (Wildman–Crippen MR) is 161 cm³/mol. The van der Waals surface area contributed by atoms with Crippen LogP contribution in [0.1, 0.15) is 12.5 Å². The van der Waals surface area contributed by atoms with Crippen molar-refractivity contribution in [3.05, 3.63) is 152 Å². The highest BCUT2D eigenvalue weighted by molar-refractivity contribution is 7.27. The van der Waals surface area contributed by atoms with Crippen LogP contribution in [0.3, 0.4) is 0 Å². The lowest BCUT2D eigenvalue weighted by atomic mass is 10.0. The van der Waals surface area contributed by atoms with Gasteiger partial charge in [-0.2, -0.15) is 0 Å². The smallest absolute Gasteiger partial charge is 0.238 e. The van der Waals surface area contributed by atoms with Crippen molar-refractivity contribution in [2.45, 2.75) is 13.2 Å². The summed E-state index contributed by atoms with van der Waals surface area (Å²) in [5.41, 5.74) is 6.78. The molecule has 184 valence electrons. The number of hydrogen-bond acceptors (Lipinski definition) is 2. The normalized spacial score (nSPS) is 12.5. The summed E-state index contributed by atoms with van der Waals surface area (Å²) in [5, 5.41) is 1.14. The molecule has 0 aliphatic heterocycles. The Morgan fingerprint density at radius 1 is 0.676 bits per heavy atom. The van der Waals surface area contributed by atoms with Crippen molar-refractivity contribution in [3.8, 4) is 28.0 Å². The Bertz CT molecular complexity index is 1380. The molecule has 4 aromatic rings. The third-order valence-corrected chi connectivity index (χ3v) is 6.26. The van der Waals surface area contributed by atoms with Crippen LogP contribution in [-0.2, 0) is 4.74 Å². The molecule has 4 aromatic carbocycles. The van der Waals surface area contributed by atoms with Crippen LogP contribution in [0.2, 0.25) is 0 Å². The maximum absolute atomic E-state index is 5.99. The van der Waals surface area contributed by atoms with E-state index < -0.39 is 6.29 Å². The van der Waals surface area contributed by atoms with Crippen molar-refractivity contribution >= 4 is 20.1 Å². The topological polar surface area (TPSA) is 18.5 Å². The summed E-state index contributed by atoms with van der Waals surface area (Å²) in [6, 6.07) is 35.2. The van der Waals surface area contributed by atoms with Crippen LogP contribution in [0, 0.1) is 0 Å². The summed E-state index contributed by atoms with van der Waals surface area (Å²) in [6.45, 7) is 9.67. The molecule has 0 aliphatic carbocycles. The molecule has 0 spiro atoms. The van der Waals surface area contributed by atoms with Crippen LogP contribution >= 0.6 is 9.24 Å². The zero-order valence-corrected chi connectivity index (χ0v) is 22.2. The summed E-state index contributed by atoms with van der Waals surface area (Å²) >= 11 is 0. The quantitative estimate of drug-likeness (QED) is 0.0935. The van der Waals surface area contributed by atoms with Gasteiger partial charge in [0.15, 0.2) is 0 Å². The maximum atomic E-state index is 5.99. The van der Waals surface area contributed by atoms with E-state index in [1.165, 1.54) is 11.1 Å². The molecule has 0 bridgehead atoms. The SMILES string of the molecule is C=C/C(=C\C=C(/C=C)c1ccc(P)cc1)OC(C)Oc1ccc(-c2ccc(-c3ccccc3)cc2)cc1. The Morgan fingerprint density at radius 2 is 1.22 bits per heavy atom. The minimum atomic E-state index is -0.489. The second kappa shape index (κ2) is 12.7. The van der Waals surface area contributed by atoms with E-state index in [9.17, 15) is 0 Å². The van der Waals surface area contributed by atoms with Crippen LogP contribution in [0.4, 0.5) is 0 Å². The lowest BCUT2D eigenvalue weighted by Gasteiger charge is -2.17. The van der Waals surface area contributed by atoms with E-state index in [1.54, 1.807) is 6.08 Å². The van der Waals surface area contributed by atoms with E-state index in [4.69, 9.17) is 9.47 Å². The van der Waals surface area contributed by atoms with Crippen LogP contribution in [0.5, 0.6) is 5.75 Å². The first-order valence-electron chi connectivity index (χ1n) is 12.2. The highest BCUT2D eigenvalue weighted by Crippen LogP contribution is 2.27. The van der Waals surface area contributed by atoms with Gasteiger partial charge in [-0.1, -0.05) is 116 Å². The van der Waals surface area contributed by atoms with Crippen LogP contribution in [-0.4, -0.2) is 6.29 Å². The fourth-order valence-electron chi connectivity index (χ4n) is 3.90. The molecule has 37 heavy (non-hydrogen) atoms.